The number of nitriles is 1. The molecule has 0 aromatic rings. The molecule has 1 amide bonds. The lowest BCUT2D eigenvalue weighted by molar-refractivity contribution is -0.177. The number of carbonyl (C=O) groups is 1. The monoisotopic (exact) mass is 320 g/mol. The first-order chi connectivity index (χ1) is 12.9. The average Bonchev–Trinajstić information content (AvgIpc) is 3.05. The second kappa shape index (κ2) is 4.29. The highest BCUT2D eigenvalue weighted by Gasteiger charge is 2.62. The van der Waals surface area contributed by atoms with Crippen molar-refractivity contribution in [3.63, 3.8) is 0 Å². The molecule has 6 fully saturated rings. The number of nitrogens with zero attached hydrogens (tertiary/aromatic N) is 2. The van der Waals surface area contributed by atoms with E-state index in [1.807, 2.05) is 6.07 Å². The molecular formula is C18H25N3O2. The lowest BCUT2D eigenvalue weighted by Crippen LogP contribution is -2.64. The van der Waals surface area contributed by atoms with Gasteiger partial charge in [0.1, 0.15) is 6.04 Å². The molecular weight excluding hydrogens is 290 g/mol. The van der Waals surface area contributed by atoms with Crippen LogP contribution in [0.25, 0.3) is 0 Å². The van der Waals surface area contributed by atoms with Gasteiger partial charge in [-0.15, -0.1) is 0 Å². The van der Waals surface area contributed by atoms with Gasteiger partial charge in [0, 0.05) is 12.9 Å². The number of rotatable bonds is 2. The summed E-state index contributed by atoms with van der Waals surface area (Å²) in [6.45, 7) is 0. The molecule has 3 N–H and O–H groups in total. The third kappa shape index (κ3) is 1.88. The zero-order valence-corrected chi connectivity index (χ0v) is 12.9. The molecule has 5 heteroatoms. The number of carbonyl (C=O) groups excluding carboxylic acids is 1. The van der Waals surface area contributed by atoms with Crippen LogP contribution in [0.3, 0.4) is 0 Å². The van der Waals surface area contributed by atoms with Crippen LogP contribution in [0.2, 0.25) is 0 Å². The molecule has 5 saturated carbocycles. The van der Waals surface area contributed by atoms with Crippen LogP contribution in [0, 0.1) is 34.5 Å². The molecule has 1 heterocycles. The topological polar surface area (TPSA) is 90.3 Å². The van der Waals surface area contributed by atoms with Crippen LogP contribution >= 0.6 is 0 Å². The van der Waals surface area contributed by atoms with E-state index in [1.54, 1.807) is 0 Å². The molecule has 1 saturated heterocycles. The quantitative estimate of drug-likeness (QED) is 0.799. The first kappa shape index (κ1) is 10.0. The second-order valence-corrected chi connectivity index (χ2v) is 8.29. The highest BCUT2D eigenvalue weighted by atomic mass is 16.3. The minimum Gasteiger partial charge on any atom is -0.390 e. The van der Waals surface area contributed by atoms with E-state index in [9.17, 15) is 15.2 Å². The normalized spacial score (nSPS) is 64.6. The van der Waals surface area contributed by atoms with Crippen LogP contribution in [0.4, 0.5) is 0 Å². The molecule has 1 aliphatic heterocycles. The molecule has 5 nitrogen and oxygen atoms in total. The molecule has 0 radical (unpaired) electrons. The maximum absolute atomic E-state index is 13.4. The number of hydrogen-bond donors (Lipinski definition) is 2. The minimum atomic E-state index is -2.14. The van der Waals surface area contributed by atoms with Crippen LogP contribution in [-0.4, -0.2) is 39.6 Å². The molecule has 0 aromatic heterocycles. The van der Waals surface area contributed by atoms with Crippen LogP contribution in [-0.2, 0) is 4.79 Å². The fourth-order valence-corrected chi connectivity index (χ4v) is 5.98. The van der Waals surface area contributed by atoms with Gasteiger partial charge in [0.15, 0.2) is 0 Å². The van der Waals surface area contributed by atoms with Crippen LogP contribution in [0.1, 0.15) is 58.1 Å². The van der Waals surface area contributed by atoms with Gasteiger partial charge in [0.05, 0.1) is 17.7 Å². The molecule has 4 bridgehead atoms. The number of fused-ring (bicyclic) bond motifs is 1. The fourth-order valence-electron chi connectivity index (χ4n) is 5.98. The van der Waals surface area contributed by atoms with Gasteiger partial charge >= 0.3 is 0 Å². The third-order valence-electron chi connectivity index (χ3n) is 6.58. The van der Waals surface area contributed by atoms with E-state index >= 15 is 0 Å². The first-order valence-electron chi connectivity index (χ1n) is 11.1. The Morgan fingerprint density at radius 1 is 1.39 bits per heavy atom. The maximum Gasteiger partial charge on any atom is 0.241 e. The molecule has 0 spiro atoms. The number of nitrogens with two attached hydrogens (primary N) is 1. The lowest BCUT2D eigenvalue weighted by atomic mass is 9.46. The van der Waals surface area contributed by atoms with Gasteiger partial charge in [0.25, 0.3) is 0 Å². The van der Waals surface area contributed by atoms with Crippen molar-refractivity contribution >= 4 is 5.91 Å². The summed E-state index contributed by atoms with van der Waals surface area (Å²) in [7, 11) is 0. The van der Waals surface area contributed by atoms with E-state index in [4.69, 9.17) is 12.6 Å². The van der Waals surface area contributed by atoms with E-state index in [-0.39, 0.29) is 18.3 Å². The van der Waals surface area contributed by atoms with E-state index in [0.29, 0.717) is 19.3 Å². The molecule has 9 atom stereocenters. The van der Waals surface area contributed by atoms with Gasteiger partial charge in [0.2, 0.25) is 5.91 Å². The summed E-state index contributed by atoms with van der Waals surface area (Å²) in [5.74, 6) is -1.47. The van der Waals surface area contributed by atoms with E-state index in [1.165, 1.54) is 0 Å². The van der Waals surface area contributed by atoms with Crippen molar-refractivity contribution in [2.45, 2.75) is 75.0 Å². The third-order valence-corrected chi connectivity index (χ3v) is 6.58. The van der Waals surface area contributed by atoms with Crippen molar-refractivity contribution in [2.75, 3.05) is 0 Å². The summed E-state index contributed by atoms with van der Waals surface area (Å²) in [6.07, 6.45) is -1.68. The number of aliphatic hydroxyl groups is 1. The summed E-state index contributed by atoms with van der Waals surface area (Å²) in [5, 5.41) is 20.5. The van der Waals surface area contributed by atoms with Crippen molar-refractivity contribution in [1.29, 1.82) is 5.26 Å². The van der Waals surface area contributed by atoms with Crippen LogP contribution in [0.15, 0.2) is 0 Å². The zero-order chi connectivity index (χ0) is 20.4. The van der Waals surface area contributed by atoms with Crippen LogP contribution in [0.5, 0.6) is 0 Å². The zero-order valence-electron chi connectivity index (χ0n) is 17.9. The number of likely N-dealkylation sites (tertiary alicyclic amines) is 1. The summed E-state index contributed by atoms with van der Waals surface area (Å²) in [5.41, 5.74) is 4.63. The van der Waals surface area contributed by atoms with Crippen molar-refractivity contribution in [2.24, 2.45) is 28.9 Å². The van der Waals surface area contributed by atoms with Crippen molar-refractivity contribution in [3.8, 4) is 6.07 Å². The molecule has 6 aliphatic rings. The van der Waals surface area contributed by atoms with E-state index in [0.717, 1.165) is 11.3 Å². The van der Waals surface area contributed by atoms with Gasteiger partial charge in [-0.25, -0.2) is 0 Å². The SMILES string of the molecule is [2H]C1C2CC3CC(O)(C2)CC1([C@H](N)C(=O)N1C(C#N)C([2H])([2H])[C@H]2[C@@H]1C2([2H])[2H])C3. The molecule has 6 rings (SSSR count). The van der Waals surface area contributed by atoms with Crippen LogP contribution < -0.4 is 5.73 Å². The van der Waals surface area contributed by atoms with E-state index in [2.05, 4.69) is 0 Å². The maximum atomic E-state index is 13.4. The number of piperidine rings is 1. The summed E-state index contributed by atoms with van der Waals surface area (Å²) in [6, 6.07) is -1.68. The standard InChI is InChI=1S/C18H25N3O2/c19-8-13-2-12-3-14(12)21(13)16(22)15(20)17-4-10-1-11(5-17)7-18(23,6-10)9-17/h10-15,23H,1-7,9,20H2/t10?,11?,12-,13?,14+,15-,17?,18?/m1/s1/i2D2,3D2,4D/t4?,10?,11?,12-,13?,14+,15-,17?,18?. The molecule has 6 unspecified atom stereocenters. The predicted octanol–water partition coefficient (Wildman–Crippen LogP) is 1.16. The molecule has 0 aromatic carbocycles. The van der Waals surface area contributed by atoms with Gasteiger partial charge in [-0.05, 0) is 74.4 Å². The summed E-state index contributed by atoms with van der Waals surface area (Å²) >= 11 is 0. The second-order valence-electron chi connectivity index (χ2n) is 8.29. The number of amides is 1. The summed E-state index contributed by atoms with van der Waals surface area (Å²) in [4.78, 5) is 14.5. The van der Waals surface area contributed by atoms with Gasteiger partial charge in [-0.3, -0.25) is 4.79 Å². The Hall–Kier alpha value is -1.12. The largest absolute Gasteiger partial charge is 0.390 e. The van der Waals surface area contributed by atoms with E-state index < -0.39 is 60.1 Å². The van der Waals surface area contributed by atoms with Crippen molar-refractivity contribution in [3.05, 3.63) is 0 Å². The highest BCUT2D eigenvalue weighted by Crippen LogP contribution is 2.63. The Balaban J connectivity index is 1.50. The number of hydrogen-bond acceptors (Lipinski definition) is 4. The Bertz CT molecular complexity index is 803. The Kier molecular flexibility index (Phi) is 1.86. The Morgan fingerprint density at radius 2 is 2.17 bits per heavy atom. The highest BCUT2D eigenvalue weighted by molar-refractivity contribution is 5.84. The predicted molar refractivity (Wildman–Crippen MR) is 82.8 cm³/mol. The minimum absolute atomic E-state index is 0.0120. The van der Waals surface area contributed by atoms with Crippen molar-refractivity contribution < 1.29 is 16.8 Å². The Labute approximate surface area is 143 Å². The first-order valence-corrected chi connectivity index (χ1v) is 8.51. The average molecular weight is 320 g/mol. The van der Waals surface area contributed by atoms with Gasteiger partial charge in [-0.2, -0.15) is 5.26 Å². The Morgan fingerprint density at radius 3 is 2.91 bits per heavy atom. The molecule has 5 aliphatic carbocycles. The molecule has 23 heavy (non-hydrogen) atoms. The summed E-state index contributed by atoms with van der Waals surface area (Å²) < 4.78 is 41.2. The lowest BCUT2D eigenvalue weighted by Gasteiger charge is -2.61. The van der Waals surface area contributed by atoms with Crippen molar-refractivity contribution in [1.82, 2.24) is 4.90 Å². The smallest absolute Gasteiger partial charge is 0.241 e. The molecule has 124 valence electrons. The van der Waals surface area contributed by atoms with Gasteiger partial charge in [-0.1, -0.05) is 0 Å². The fraction of sp³-hybridized carbons (Fsp3) is 0.889. The van der Waals surface area contributed by atoms with Gasteiger partial charge < -0.3 is 15.7 Å².